The third-order valence-electron chi connectivity index (χ3n) is 4.45. The zero-order valence-corrected chi connectivity index (χ0v) is 13.1. The summed E-state index contributed by atoms with van der Waals surface area (Å²) in [6, 6.07) is 11.6. The SMILES string of the molecule is CCCC1CN(CCC(C)c2ccccc2)CCCN1. The molecule has 1 saturated heterocycles. The molecule has 0 spiro atoms. The van der Waals surface area contributed by atoms with Gasteiger partial charge in [0, 0.05) is 12.6 Å². The van der Waals surface area contributed by atoms with Crippen LogP contribution in [0.2, 0.25) is 0 Å². The van der Waals surface area contributed by atoms with Crippen LogP contribution in [0.15, 0.2) is 30.3 Å². The Hall–Kier alpha value is -0.860. The molecule has 1 heterocycles. The van der Waals surface area contributed by atoms with Crippen molar-refractivity contribution in [1.29, 1.82) is 0 Å². The fourth-order valence-electron chi connectivity index (χ4n) is 3.15. The smallest absolute Gasteiger partial charge is 0.0194 e. The molecule has 2 unspecified atom stereocenters. The summed E-state index contributed by atoms with van der Waals surface area (Å²) in [5.74, 6) is 0.664. The molecule has 0 aliphatic carbocycles. The molecule has 20 heavy (non-hydrogen) atoms. The minimum atomic E-state index is 0.664. The first-order valence-corrected chi connectivity index (χ1v) is 8.30. The second-order valence-electron chi connectivity index (χ2n) is 6.19. The van der Waals surface area contributed by atoms with E-state index in [0.29, 0.717) is 12.0 Å². The molecule has 0 amide bonds. The molecule has 1 N–H and O–H groups in total. The largest absolute Gasteiger partial charge is 0.313 e. The molecule has 112 valence electrons. The van der Waals surface area contributed by atoms with E-state index in [-0.39, 0.29) is 0 Å². The van der Waals surface area contributed by atoms with E-state index in [1.54, 1.807) is 0 Å². The highest BCUT2D eigenvalue weighted by atomic mass is 15.2. The van der Waals surface area contributed by atoms with Crippen molar-refractivity contribution in [2.24, 2.45) is 0 Å². The van der Waals surface area contributed by atoms with Crippen molar-refractivity contribution in [2.45, 2.75) is 51.5 Å². The molecule has 1 aromatic carbocycles. The van der Waals surface area contributed by atoms with Gasteiger partial charge in [-0.05, 0) is 50.4 Å². The van der Waals surface area contributed by atoms with Crippen LogP contribution in [0.25, 0.3) is 0 Å². The van der Waals surface area contributed by atoms with Gasteiger partial charge in [-0.1, -0.05) is 50.6 Å². The van der Waals surface area contributed by atoms with E-state index in [9.17, 15) is 0 Å². The van der Waals surface area contributed by atoms with E-state index in [4.69, 9.17) is 0 Å². The second-order valence-corrected chi connectivity index (χ2v) is 6.19. The lowest BCUT2D eigenvalue weighted by Crippen LogP contribution is -2.38. The zero-order chi connectivity index (χ0) is 14.2. The van der Waals surface area contributed by atoms with Gasteiger partial charge in [0.2, 0.25) is 0 Å². The van der Waals surface area contributed by atoms with Gasteiger partial charge in [0.05, 0.1) is 0 Å². The van der Waals surface area contributed by atoms with Gasteiger partial charge in [0.15, 0.2) is 0 Å². The zero-order valence-electron chi connectivity index (χ0n) is 13.1. The number of benzene rings is 1. The minimum absolute atomic E-state index is 0.664. The highest BCUT2D eigenvalue weighted by Crippen LogP contribution is 2.19. The van der Waals surface area contributed by atoms with Crippen molar-refractivity contribution in [3.8, 4) is 0 Å². The molecular weight excluding hydrogens is 244 g/mol. The Bertz CT molecular complexity index is 363. The molecular formula is C18H30N2. The van der Waals surface area contributed by atoms with Gasteiger partial charge < -0.3 is 10.2 Å². The summed E-state index contributed by atoms with van der Waals surface area (Å²) in [5, 5.41) is 3.69. The van der Waals surface area contributed by atoms with Crippen molar-refractivity contribution in [3.05, 3.63) is 35.9 Å². The molecule has 2 nitrogen and oxygen atoms in total. The average Bonchev–Trinajstić information content (AvgIpc) is 2.71. The lowest BCUT2D eigenvalue weighted by molar-refractivity contribution is 0.254. The fraction of sp³-hybridized carbons (Fsp3) is 0.667. The molecule has 0 bridgehead atoms. The van der Waals surface area contributed by atoms with E-state index >= 15 is 0 Å². The molecule has 1 aliphatic rings. The summed E-state index contributed by atoms with van der Waals surface area (Å²) >= 11 is 0. The van der Waals surface area contributed by atoms with Gasteiger partial charge in [-0.3, -0.25) is 0 Å². The van der Waals surface area contributed by atoms with Gasteiger partial charge >= 0.3 is 0 Å². The highest BCUT2D eigenvalue weighted by molar-refractivity contribution is 5.18. The Kier molecular flexibility index (Phi) is 6.55. The van der Waals surface area contributed by atoms with Crippen molar-refractivity contribution in [1.82, 2.24) is 10.2 Å². The molecule has 1 aliphatic heterocycles. The Morgan fingerprint density at radius 3 is 2.85 bits per heavy atom. The van der Waals surface area contributed by atoms with Crippen LogP contribution in [0.4, 0.5) is 0 Å². The van der Waals surface area contributed by atoms with Crippen molar-refractivity contribution in [2.75, 3.05) is 26.2 Å². The average molecular weight is 274 g/mol. The second kappa shape index (κ2) is 8.43. The fourth-order valence-corrected chi connectivity index (χ4v) is 3.15. The van der Waals surface area contributed by atoms with Gasteiger partial charge in [-0.2, -0.15) is 0 Å². The summed E-state index contributed by atoms with van der Waals surface area (Å²) in [5.41, 5.74) is 1.48. The lowest BCUT2D eigenvalue weighted by Gasteiger charge is -2.25. The van der Waals surface area contributed by atoms with E-state index in [0.717, 1.165) is 0 Å². The third-order valence-corrected chi connectivity index (χ3v) is 4.45. The maximum Gasteiger partial charge on any atom is 0.0194 e. The maximum absolute atomic E-state index is 3.69. The number of nitrogens with one attached hydrogen (secondary N) is 1. The molecule has 0 saturated carbocycles. The first kappa shape index (κ1) is 15.5. The summed E-state index contributed by atoms with van der Waals surface area (Å²) < 4.78 is 0. The molecule has 0 aromatic heterocycles. The van der Waals surface area contributed by atoms with Gasteiger partial charge in [-0.15, -0.1) is 0 Å². The molecule has 1 aromatic rings. The van der Waals surface area contributed by atoms with Crippen LogP contribution < -0.4 is 5.32 Å². The van der Waals surface area contributed by atoms with E-state index in [1.165, 1.54) is 57.4 Å². The first-order chi connectivity index (χ1) is 9.79. The van der Waals surface area contributed by atoms with Crippen LogP contribution in [-0.4, -0.2) is 37.1 Å². The Labute approximate surface area is 124 Å². The van der Waals surface area contributed by atoms with Crippen LogP contribution in [0.3, 0.4) is 0 Å². The van der Waals surface area contributed by atoms with Crippen LogP contribution >= 0.6 is 0 Å². The van der Waals surface area contributed by atoms with E-state index < -0.39 is 0 Å². The molecule has 2 rings (SSSR count). The van der Waals surface area contributed by atoms with Gasteiger partial charge in [0.1, 0.15) is 0 Å². The van der Waals surface area contributed by atoms with Crippen molar-refractivity contribution >= 4 is 0 Å². The summed E-state index contributed by atoms with van der Waals surface area (Å²) in [6.07, 6.45) is 5.15. The topological polar surface area (TPSA) is 15.3 Å². The molecule has 2 heteroatoms. The monoisotopic (exact) mass is 274 g/mol. The van der Waals surface area contributed by atoms with Gasteiger partial charge in [-0.25, -0.2) is 0 Å². The van der Waals surface area contributed by atoms with Crippen LogP contribution in [0.1, 0.15) is 51.0 Å². The van der Waals surface area contributed by atoms with E-state index in [2.05, 4.69) is 54.4 Å². The predicted octanol–water partition coefficient (Wildman–Crippen LogP) is 3.64. The summed E-state index contributed by atoms with van der Waals surface area (Å²) in [4.78, 5) is 2.67. The van der Waals surface area contributed by atoms with Crippen LogP contribution in [0, 0.1) is 0 Å². The third kappa shape index (κ3) is 4.92. The quantitative estimate of drug-likeness (QED) is 0.852. The Balaban J connectivity index is 1.80. The highest BCUT2D eigenvalue weighted by Gasteiger charge is 2.17. The number of hydrogen-bond donors (Lipinski definition) is 1. The summed E-state index contributed by atoms with van der Waals surface area (Å²) in [7, 11) is 0. The molecule has 2 atom stereocenters. The lowest BCUT2D eigenvalue weighted by atomic mass is 9.97. The van der Waals surface area contributed by atoms with Crippen LogP contribution in [0.5, 0.6) is 0 Å². The standard InChI is InChI=1S/C18H30N2/c1-3-8-18-15-20(13-7-12-19-18)14-11-16(2)17-9-5-4-6-10-17/h4-6,9-10,16,18-19H,3,7-8,11-15H2,1-2H3. The minimum Gasteiger partial charge on any atom is -0.313 e. The normalized spacial score (nSPS) is 22.4. The maximum atomic E-state index is 3.69. The first-order valence-electron chi connectivity index (χ1n) is 8.30. The van der Waals surface area contributed by atoms with Crippen LogP contribution in [-0.2, 0) is 0 Å². The summed E-state index contributed by atoms with van der Waals surface area (Å²) in [6.45, 7) is 9.56. The van der Waals surface area contributed by atoms with Gasteiger partial charge in [0.25, 0.3) is 0 Å². The molecule has 0 radical (unpaired) electrons. The van der Waals surface area contributed by atoms with E-state index in [1.807, 2.05) is 0 Å². The molecule has 1 fully saturated rings. The number of hydrogen-bond acceptors (Lipinski definition) is 2. The Morgan fingerprint density at radius 2 is 2.10 bits per heavy atom. The predicted molar refractivity (Wildman–Crippen MR) is 87.2 cm³/mol. The van der Waals surface area contributed by atoms with Crippen molar-refractivity contribution in [3.63, 3.8) is 0 Å². The Morgan fingerprint density at radius 1 is 1.30 bits per heavy atom. The van der Waals surface area contributed by atoms with Crippen molar-refractivity contribution < 1.29 is 0 Å². The number of nitrogens with zero attached hydrogens (tertiary/aromatic N) is 1. The number of rotatable bonds is 6.